The molecular formula is C19H31N3O2. The number of hydrogen-bond acceptors (Lipinski definition) is 3. The number of rotatable bonds is 6. The second kappa shape index (κ2) is 8.27. The third-order valence-corrected chi connectivity index (χ3v) is 4.44. The van der Waals surface area contributed by atoms with Crippen LogP contribution < -0.4 is 14.8 Å². The van der Waals surface area contributed by atoms with Gasteiger partial charge in [-0.2, -0.15) is 0 Å². The third kappa shape index (κ3) is 4.79. The summed E-state index contributed by atoms with van der Waals surface area (Å²) in [6, 6.07) is 5.90. The van der Waals surface area contributed by atoms with Gasteiger partial charge >= 0.3 is 0 Å². The molecule has 0 atom stereocenters. The van der Waals surface area contributed by atoms with Crippen LogP contribution in [-0.2, 0) is 6.42 Å². The Morgan fingerprint density at radius 1 is 1.29 bits per heavy atom. The minimum absolute atomic E-state index is 0.367. The van der Waals surface area contributed by atoms with Gasteiger partial charge in [0.25, 0.3) is 0 Å². The van der Waals surface area contributed by atoms with Crippen LogP contribution in [0.1, 0.15) is 32.8 Å². The fourth-order valence-corrected chi connectivity index (χ4v) is 3.08. The van der Waals surface area contributed by atoms with Crippen LogP contribution in [0.2, 0.25) is 0 Å². The van der Waals surface area contributed by atoms with Crippen molar-refractivity contribution in [2.24, 2.45) is 10.4 Å². The van der Waals surface area contributed by atoms with E-state index in [9.17, 15) is 0 Å². The Morgan fingerprint density at radius 2 is 2.08 bits per heavy atom. The SMILES string of the molecule is CCNC(=NCCc1cc(OC)ccc1OC)N1CCC(C)(C)C1. The van der Waals surface area contributed by atoms with Crippen molar-refractivity contribution < 1.29 is 9.47 Å². The zero-order valence-corrected chi connectivity index (χ0v) is 15.7. The first-order chi connectivity index (χ1) is 11.5. The average molecular weight is 333 g/mol. The Kier molecular flexibility index (Phi) is 6.35. The standard InChI is InChI=1S/C19H31N3O2/c1-6-20-18(22-12-10-19(2,3)14-22)21-11-9-15-13-16(23-4)7-8-17(15)24-5/h7-8,13H,6,9-12,14H2,1-5H3,(H,20,21). The van der Waals surface area contributed by atoms with Gasteiger partial charge in [0.05, 0.1) is 14.2 Å². The minimum Gasteiger partial charge on any atom is -0.497 e. The van der Waals surface area contributed by atoms with Crippen molar-refractivity contribution >= 4 is 5.96 Å². The van der Waals surface area contributed by atoms with Gasteiger partial charge in [0.15, 0.2) is 5.96 Å². The van der Waals surface area contributed by atoms with Crippen molar-refractivity contribution in [2.45, 2.75) is 33.6 Å². The molecule has 1 saturated heterocycles. The van der Waals surface area contributed by atoms with E-state index in [0.29, 0.717) is 5.41 Å². The number of likely N-dealkylation sites (tertiary alicyclic amines) is 1. The lowest BCUT2D eigenvalue weighted by Crippen LogP contribution is -2.40. The Morgan fingerprint density at radius 3 is 2.67 bits per heavy atom. The smallest absolute Gasteiger partial charge is 0.193 e. The number of benzene rings is 1. The Balaban J connectivity index is 2.04. The molecule has 1 N–H and O–H groups in total. The first-order valence-electron chi connectivity index (χ1n) is 8.73. The van der Waals surface area contributed by atoms with Crippen LogP contribution in [0.15, 0.2) is 23.2 Å². The first kappa shape index (κ1) is 18.4. The second-order valence-electron chi connectivity index (χ2n) is 7.00. The van der Waals surface area contributed by atoms with Gasteiger partial charge in [-0.3, -0.25) is 4.99 Å². The van der Waals surface area contributed by atoms with E-state index >= 15 is 0 Å². The molecule has 0 unspecified atom stereocenters. The zero-order valence-electron chi connectivity index (χ0n) is 15.7. The quantitative estimate of drug-likeness (QED) is 0.642. The number of guanidine groups is 1. The van der Waals surface area contributed by atoms with Gasteiger partial charge < -0.3 is 19.7 Å². The van der Waals surface area contributed by atoms with E-state index in [4.69, 9.17) is 14.5 Å². The van der Waals surface area contributed by atoms with Crippen LogP contribution in [-0.4, -0.2) is 51.3 Å². The topological polar surface area (TPSA) is 46.1 Å². The maximum atomic E-state index is 5.45. The molecule has 1 aromatic carbocycles. The molecule has 1 fully saturated rings. The normalized spacial score (nSPS) is 17.0. The van der Waals surface area contributed by atoms with Gasteiger partial charge in [-0.05, 0) is 48.9 Å². The van der Waals surface area contributed by atoms with Gasteiger partial charge in [0.2, 0.25) is 0 Å². The molecule has 0 aromatic heterocycles. The molecule has 0 bridgehead atoms. The van der Waals surface area contributed by atoms with E-state index in [1.807, 2.05) is 18.2 Å². The highest BCUT2D eigenvalue weighted by molar-refractivity contribution is 5.80. The van der Waals surface area contributed by atoms with E-state index in [1.54, 1.807) is 14.2 Å². The lowest BCUT2D eigenvalue weighted by molar-refractivity contribution is 0.370. The first-order valence-corrected chi connectivity index (χ1v) is 8.73. The summed E-state index contributed by atoms with van der Waals surface area (Å²) in [5.41, 5.74) is 1.49. The summed E-state index contributed by atoms with van der Waals surface area (Å²) in [6.45, 7) is 10.5. The molecule has 0 amide bonds. The monoisotopic (exact) mass is 333 g/mol. The van der Waals surface area contributed by atoms with E-state index in [0.717, 1.165) is 55.6 Å². The molecule has 1 aliphatic heterocycles. The number of aliphatic imine (C=N–C) groups is 1. The van der Waals surface area contributed by atoms with Crippen molar-refractivity contribution in [3.05, 3.63) is 23.8 Å². The van der Waals surface area contributed by atoms with Crippen LogP contribution >= 0.6 is 0 Å². The van der Waals surface area contributed by atoms with Crippen molar-refractivity contribution in [1.29, 1.82) is 0 Å². The molecule has 0 radical (unpaired) electrons. The average Bonchev–Trinajstić information content (AvgIpc) is 2.93. The summed E-state index contributed by atoms with van der Waals surface area (Å²) in [7, 11) is 3.38. The summed E-state index contributed by atoms with van der Waals surface area (Å²) in [6.07, 6.45) is 2.04. The Labute approximate surface area is 146 Å². The molecule has 0 aliphatic carbocycles. The summed E-state index contributed by atoms with van der Waals surface area (Å²) in [4.78, 5) is 7.19. The van der Waals surface area contributed by atoms with Crippen LogP contribution in [0.5, 0.6) is 11.5 Å². The predicted octanol–water partition coefficient (Wildman–Crippen LogP) is 2.94. The number of hydrogen-bond donors (Lipinski definition) is 1. The molecule has 0 saturated carbocycles. The maximum absolute atomic E-state index is 5.45. The largest absolute Gasteiger partial charge is 0.497 e. The highest BCUT2D eigenvalue weighted by Crippen LogP contribution is 2.29. The summed E-state index contributed by atoms with van der Waals surface area (Å²) >= 11 is 0. The number of nitrogens with one attached hydrogen (secondary N) is 1. The lowest BCUT2D eigenvalue weighted by Gasteiger charge is -2.23. The predicted molar refractivity (Wildman–Crippen MR) is 99.2 cm³/mol. The van der Waals surface area contributed by atoms with Gasteiger partial charge in [-0.15, -0.1) is 0 Å². The van der Waals surface area contributed by atoms with Crippen molar-refractivity contribution in [1.82, 2.24) is 10.2 Å². The summed E-state index contributed by atoms with van der Waals surface area (Å²) in [5.74, 6) is 2.76. The van der Waals surface area contributed by atoms with Crippen molar-refractivity contribution in [3.8, 4) is 11.5 Å². The Bertz CT molecular complexity index is 570. The van der Waals surface area contributed by atoms with E-state index in [2.05, 4.69) is 31.0 Å². The third-order valence-electron chi connectivity index (χ3n) is 4.44. The molecule has 1 heterocycles. The van der Waals surface area contributed by atoms with Gasteiger partial charge in [-0.25, -0.2) is 0 Å². The second-order valence-corrected chi connectivity index (χ2v) is 7.00. The Hall–Kier alpha value is -1.91. The minimum atomic E-state index is 0.367. The molecule has 134 valence electrons. The fourth-order valence-electron chi connectivity index (χ4n) is 3.08. The number of nitrogens with zero attached hydrogens (tertiary/aromatic N) is 2. The van der Waals surface area contributed by atoms with Gasteiger partial charge in [-0.1, -0.05) is 13.8 Å². The maximum Gasteiger partial charge on any atom is 0.193 e. The van der Waals surface area contributed by atoms with E-state index in [-0.39, 0.29) is 0 Å². The molecular weight excluding hydrogens is 302 g/mol. The van der Waals surface area contributed by atoms with Crippen LogP contribution in [0.4, 0.5) is 0 Å². The highest BCUT2D eigenvalue weighted by atomic mass is 16.5. The number of ether oxygens (including phenoxy) is 2. The summed E-state index contributed by atoms with van der Waals surface area (Å²) < 4.78 is 10.8. The number of methoxy groups -OCH3 is 2. The van der Waals surface area contributed by atoms with Crippen LogP contribution in [0.3, 0.4) is 0 Å². The van der Waals surface area contributed by atoms with Crippen molar-refractivity contribution in [2.75, 3.05) is 40.4 Å². The molecule has 5 nitrogen and oxygen atoms in total. The van der Waals surface area contributed by atoms with E-state index in [1.165, 1.54) is 6.42 Å². The zero-order chi connectivity index (χ0) is 17.6. The van der Waals surface area contributed by atoms with Gasteiger partial charge in [0, 0.05) is 26.2 Å². The fraction of sp³-hybridized carbons (Fsp3) is 0.632. The molecule has 24 heavy (non-hydrogen) atoms. The van der Waals surface area contributed by atoms with Crippen LogP contribution in [0.25, 0.3) is 0 Å². The highest BCUT2D eigenvalue weighted by Gasteiger charge is 2.30. The molecule has 1 aliphatic rings. The lowest BCUT2D eigenvalue weighted by atomic mass is 9.93. The molecule has 0 spiro atoms. The molecule has 1 aromatic rings. The van der Waals surface area contributed by atoms with Crippen molar-refractivity contribution in [3.63, 3.8) is 0 Å². The van der Waals surface area contributed by atoms with E-state index < -0.39 is 0 Å². The van der Waals surface area contributed by atoms with Crippen LogP contribution in [0, 0.1) is 5.41 Å². The summed E-state index contributed by atoms with van der Waals surface area (Å²) in [5, 5.41) is 3.42. The molecule has 2 rings (SSSR count). The molecule has 5 heteroatoms. The van der Waals surface area contributed by atoms with Gasteiger partial charge in [0.1, 0.15) is 11.5 Å².